The van der Waals surface area contributed by atoms with E-state index in [9.17, 15) is 8.78 Å². The molecule has 0 aliphatic rings. The van der Waals surface area contributed by atoms with Crippen molar-refractivity contribution in [2.24, 2.45) is 5.73 Å². The molecule has 0 aliphatic carbocycles. The largest absolute Gasteiger partial charge is 0.324 e. The monoisotopic (exact) mass is 281 g/mol. The molecule has 0 spiro atoms. The van der Waals surface area contributed by atoms with Crippen LogP contribution in [0.5, 0.6) is 0 Å². The van der Waals surface area contributed by atoms with Gasteiger partial charge >= 0.3 is 0 Å². The molecule has 1 unspecified atom stereocenters. The molecular formula is C15H14ClF2N. The second-order valence-corrected chi connectivity index (χ2v) is 4.95. The standard InChI is InChI=1S/C15H14ClF2N/c1-9-13(3-2-4-14(9)16)15(19)7-10-5-11(17)8-12(18)6-10/h2-6,8,15H,7,19H2,1H3. The lowest BCUT2D eigenvalue weighted by atomic mass is 9.96. The number of benzene rings is 2. The Labute approximate surface area is 116 Å². The summed E-state index contributed by atoms with van der Waals surface area (Å²) in [5.41, 5.74) is 8.41. The van der Waals surface area contributed by atoms with Crippen molar-refractivity contribution in [3.05, 3.63) is 69.7 Å². The first-order valence-electron chi connectivity index (χ1n) is 5.93. The second-order valence-electron chi connectivity index (χ2n) is 4.54. The van der Waals surface area contributed by atoms with Gasteiger partial charge in [-0.1, -0.05) is 23.7 Å². The molecule has 0 saturated heterocycles. The van der Waals surface area contributed by atoms with Crippen LogP contribution in [0.25, 0.3) is 0 Å². The first kappa shape index (κ1) is 14.0. The topological polar surface area (TPSA) is 26.0 Å². The van der Waals surface area contributed by atoms with E-state index in [0.29, 0.717) is 17.0 Å². The maximum absolute atomic E-state index is 13.1. The summed E-state index contributed by atoms with van der Waals surface area (Å²) in [5, 5.41) is 0.637. The van der Waals surface area contributed by atoms with Gasteiger partial charge in [0.05, 0.1) is 0 Å². The summed E-state index contributed by atoms with van der Waals surface area (Å²) in [6.07, 6.45) is 0.357. The summed E-state index contributed by atoms with van der Waals surface area (Å²) in [6, 6.07) is 8.57. The molecule has 0 heterocycles. The van der Waals surface area contributed by atoms with Gasteiger partial charge in [0.1, 0.15) is 11.6 Å². The molecule has 0 bridgehead atoms. The molecule has 0 fully saturated rings. The van der Waals surface area contributed by atoms with Crippen LogP contribution in [0, 0.1) is 18.6 Å². The van der Waals surface area contributed by atoms with Crippen molar-refractivity contribution >= 4 is 11.6 Å². The van der Waals surface area contributed by atoms with E-state index in [1.807, 2.05) is 19.1 Å². The Bertz CT molecular complexity index is 578. The van der Waals surface area contributed by atoms with Gasteiger partial charge in [-0.05, 0) is 48.2 Å². The summed E-state index contributed by atoms with van der Waals surface area (Å²) in [7, 11) is 0. The van der Waals surface area contributed by atoms with Crippen LogP contribution in [0.1, 0.15) is 22.7 Å². The van der Waals surface area contributed by atoms with E-state index in [4.69, 9.17) is 17.3 Å². The molecule has 19 heavy (non-hydrogen) atoms. The smallest absolute Gasteiger partial charge is 0.126 e. The molecule has 0 aromatic heterocycles. The van der Waals surface area contributed by atoms with Crippen LogP contribution in [0.15, 0.2) is 36.4 Å². The van der Waals surface area contributed by atoms with Gasteiger partial charge in [0.25, 0.3) is 0 Å². The first-order valence-corrected chi connectivity index (χ1v) is 6.30. The summed E-state index contributed by atoms with van der Waals surface area (Å²) < 4.78 is 26.2. The third-order valence-corrected chi connectivity index (χ3v) is 3.50. The maximum atomic E-state index is 13.1. The third-order valence-electron chi connectivity index (χ3n) is 3.09. The van der Waals surface area contributed by atoms with Crippen LogP contribution in [0.3, 0.4) is 0 Å². The van der Waals surface area contributed by atoms with Gasteiger partial charge in [-0.2, -0.15) is 0 Å². The van der Waals surface area contributed by atoms with Crippen LogP contribution in [0.2, 0.25) is 5.02 Å². The summed E-state index contributed by atoms with van der Waals surface area (Å²) >= 11 is 6.04. The van der Waals surface area contributed by atoms with Crippen molar-refractivity contribution in [3.63, 3.8) is 0 Å². The van der Waals surface area contributed by atoms with Crippen LogP contribution >= 0.6 is 11.6 Å². The summed E-state index contributed by atoms with van der Waals surface area (Å²) in [5.74, 6) is -1.19. The molecule has 100 valence electrons. The molecule has 4 heteroatoms. The molecule has 0 saturated carbocycles. The molecular weight excluding hydrogens is 268 g/mol. The van der Waals surface area contributed by atoms with E-state index in [2.05, 4.69) is 0 Å². The molecule has 0 aliphatic heterocycles. The number of nitrogens with two attached hydrogens (primary N) is 1. The van der Waals surface area contributed by atoms with E-state index < -0.39 is 11.6 Å². The van der Waals surface area contributed by atoms with Crippen LogP contribution in [-0.4, -0.2) is 0 Å². The Morgan fingerprint density at radius 1 is 1.16 bits per heavy atom. The predicted molar refractivity (Wildman–Crippen MR) is 73.2 cm³/mol. The molecule has 2 N–H and O–H groups in total. The zero-order valence-corrected chi connectivity index (χ0v) is 11.2. The molecule has 2 aromatic carbocycles. The van der Waals surface area contributed by atoms with Gasteiger partial charge in [0.2, 0.25) is 0 Å². The van der Waals surface area contributed by atoms with Crippen molar-refractivity contribution in [2.75, 3.05) is 0 Å². The van der Waals surface area contributed by atoms with Gasteiger partial charge in [-0.3, -0.25) is 0 Å². The predicted octanol–water partition coefficient (Wildman–Crippen LogP) is 4.17. The lowest BCUT2D eigenvalue weighted by molar-refractivity contribution is 0.576. The maximum Gasteiger partial charge on any atom is 0.126 e. The minimum Gasteiger partial charge on any atom is -0.324 e. The third kappa shape index (κ3) is 3.31. The number of hydrogen-bond donors (Lipinski definition) is 1. The Morgan fingerprint density at radius 2 is 1.79 bits per heavy atom. The normalized spacial score (nSPS) is 12.5. The SMILES string of the molecule is Cc1c(Cl)cccc1C(N)Cc1cc(F)cc(F)c1. The van der Waals surface area contributed by atoms with Gasteiger partial charge in [0, 0.05) is 17.1 Å². The van der Waals surface area contributed by atoms with Crippen LogP contribution < -0.4 is 5.73 Å². The quantitative estimate of drug-likeness (QED) is 0.898. The fraction of sp³-hybridized carbons (Fsp3) is 0.200. The highest BCUT2D eigenvalue weighted by Gasteiger charge is 2.12. The Morgan fingerprint density at radius 3 is 2.42 bits per heavy atom. The lowest BCUT2D eigenvalue weighted by Crippen LogP contribution is -2.15. The summed E-state index contributed by atoms with van der Waals surface area (Å²) in [4.78, 5) is 0. The van der Waals surface area contributed by atoms with E-state index >= 15 is 0 Å². The average molecular weight is 282 g/mol. The highest BCUT2D eigenvalue weighted by molar-refractivity contribution is 6.31. The van der Waals surface area contributed by atoms with Gasteiger partial charge in [0.15, 0.2) is 0 Å². The highest BCUT2D eigenvalue weighted by Crippen LogP contribution is 2.25. The molecule has 0 radical (unpaired) electrons. The van der Waals surface area contributed by atoms with Crippen molar-refractivity contribution < 1.29 is 8.78 Å². The Hall–Kier alpha value is -1.45. The second kappa shape index (κ2) is 5.68. The number of hydrogen-bond acceptors (Lipinski definition) is 1. The van der Waals surface area contributed by atoms with E-state index in [-0.39, 0.29) is 6.04 Å². The molecule has 1 atom stereocenters. The lowest BCUT2D eigenvalue weighted by Gasteiger charge is -2.16. The molecule has 0 amide bonds. The molecule has 2 aromatic rings. The fourth-order valence-electron chi connectivity index (χ4n) is 2.12. The van der Waals surface area contributed by atoms with E-state index in [1.54, 1.807) is 6.07 Å². The van der Waals surface area contributed by atoms with Gasteiger partial charge in [-0.15, -0.1) is 0 Å². The zero-order chi connectivity index (χ0) is 14.0. The first-order chi connectivity index (χ1) is 8.97. The fourth-order valence-corrected chi connectivity index (χ4v) is 2.30. The Kier molecular flexibility index (Phi) is 4.17. The summed E-state index contributed by atoms with van der Waals surface area (Å²) in [6.45, 7) is 1.88. The van der Waals surface area contributed by atoms with Gasteiger partial charge in [-0.25, -0.2) is 8.78 Å². The van der Waals surface area contributed by atoms with Gasteiger partial charge < -0.3 is 5.73 Å². The van der Waals surface area contributed by atoms with Crippen LogP contribution in [-0.2, 0) is 6.42 Å². The van der Waals surface area contributed by atoms with Crippen molar-refractivity contribution in [2.45, 2.75) is 19.4 Å². The van der Waals surface area contributed by atoms with Crippen molar-refractivity contribution in [1.82, 2.24) is 0 Å². The molecule has 1 nitrogen and oxygen atoms in total. The van der Waals surface area contributed by atoms with E-state index in [0.717, 1.165) is 17.2 Å². The zero-order valence-electron chi connectivity index (χ0n) is 10.5. The number of rotatable bonds is 3. The minimum atomic E-state index is -0.593. The Balaban J connectivity index is 2.25. The highest BCUT2D eigenvalue weighted by atomic mass is 35.5. The van der Waals surface area contributed by atoms with Crippen LogP contribution in [0.4, 0.5) is 8.78 Å². The van der Waals surface area contributed by atoms with Crippen molar-refractivity contribution in [3.8, 4) is 0 Å². The molecule has 2 rings (SSSR count). The van der Waals surface area contributed by atoms with E-state index in [1.165, 1.54) is 12.1 Å². The minimum absolute atomic E-state index is 0.347. The number of halogens is 3. The average Bonchev–Trinajstić information content (AvgIpc) is 2.31. The van der Waals surface area contributed by atoms with Crippen molar-refractivity contribution in [1.29, 1.82) is 0 Å².